The molecule has 0 radical (unpaired) electrons. The number of pyridine rings is 1. The average Bonchev–Trinajstić information content (AvgIpc) is 2.97. The molecule has 11 heteroatoms. The predicted molar refractivity (Wildman–Crippen MR) is 102 cm³/mol. The largest absolute Gasteiger partial charge is 0.461 e. The minimum atomic E-state index is -4.50. The molecule has 0 unspecified atom stereocenters. The smallest absolute Gasteiger partial charge is 0.394 e. The molecule has 2 aromatic heterocycles. The van der Waals surface area contributed by atoms with Gasteiger partial charge in [0.1, 0.15) is 5.82 Å². The summed E-state index contributed by atoms with van der Waals surface area (Å²) >= 11 is 0. The Morgan fingerprint density at radius 2 is 1.87 bits per heavy atom. The Morgan fingerprint density at radius 3 is 2.39 bits per heavy atom. The molecule has 0 amide bonds. The van der Waals surface area contributed by atoms with E-state index in [1.54, 1.807) is 13.8 Å². The van der Waals surface area contributed by atoms with E-state index in [2.05, 4.69) is 14.7 Å². The zero-order chi connectivity index (χ0) is 23.6. The van der Waals surface area contributed by atoms with Gasteiger partial charge in [0, 0.05) is 12.6 Å². The van der Waals surface area contributed by atoms with Crippen LogP contribution in [0.1, 0.15) is 55.3 Å². The second-order valence-corrected chi connectivity index (χ2v) is 7.47. The lowest BCUT2D eigenvalue weighted by Gasteiger charge is -2.28. The van der Waals surface area contributed by atoms with Crippen molar-refractivity contribution >= 4 is 5.97 Å². The molecule has 0 aromatic carbocycles. The second kappa shape index (κ2) is 9.19. The SMILES string of the molecule is CCOC(=O)c1nc(CC)n(-c2ncc(CC(C)(C)C(F)(F)F)cc2OC(F)F)c1C. The van der Waals surface area contributed by atoms with Crippen molar-refractivity contribution in [3.63, 3.8) is 0 Å². The van der Waals surface area contributed by atoms with Gasteiger partial charge in [0.15, 0.2) is 17.3 Å². The van der Waals surface area contributed by atoms with Crippen LogP contribution in [-0.2, 0) is 17.6 Å². The fourth-order valence-electron chi connectivity index (χ4n) is 3.01. The van der Waals surface area contributed by atoms with Crippen molar-refractivity contribution in [2.75, 3.05) is 6.61 Å². The Morgan fingerprint density at radius 1 is 1.23 bits per heavy atom. The van der Waals surface area contributed by atoms with E-state index in [1.165, 1.54) is 17.7 Å². The molecule has 0 fully saturated rings. The number of carbonyl (C=O) groups excluding carboxylic acids is 1. The maximum atomic E-state index is 13.2. The Kier molecular flexibility index (Phi) is 7.28. The topological polar surface area (TPSA) is 66.2 Å². The number of halogens is 5. The summed E-state index contributed by atoms with van der Waals surface area (Å²) in [6.07, 6.45) is -3.50. The van der Waals surface area contributed by atoms with E-state index in [-0.39, 0.29) is 29.4 Å². The maximum Gasteiger partial charge on any atom is 0.394 e. The first-order chi connectivity index (χ1) is 14.3. The number of hydrogen-bond donors (Lipinski definition) is 0. The highest BCUT2D eigenvalue weighted by Gasteiger charge is 2.47. The molecule has 31 heavy (non-hydrogen) atoms. The standard InChI is InChI=1S/C20H24F5N3O3/c1-6-14-27-15(17(29)30-7-2)11(3)28(14)16-13(31-18(21)22)8-12(10-26-16)9-19(4,5)20(23,24)25/h8,10,18H,6-7,9H2,1-5H3. The third-order valence-electron chi connectivity index (χ3n) is 4.69. The van der Waals surface area contributed by atoms with Crippen LogP contribution in [0.25, 0.3) is 5.82 Å². The monoisotopic (exact) mass is 449 g/mol. The first kappa shape index (κ1) is 24.5. The van der Waals surface area contributed by atoms with E-state index in [9.17, 15) is 26.7 Å². The van der Waals surface area contributed by atoms with Crippen LogP contribution in [0.4, 0.5) is 22.0 Å². The van der Waals surface area contributed by atoms with E-state index in [1.807, 2.05) is 0 Å². The molecule has 0 N–H and O–H groups in total. The molecule has 0 aliphatic carbocycles. The minimum Gasteiger partial charge on any atom is -0.461 e. The second-order valence-electron chi connectivity index (χ2n) is 7.47. The fourth-order valence-corrected chi connectivity index (χ4v) is 3.01. The van der Waals surface area contributed by atoms with Crippen LogP contribution in [0.15, 0.2) is 12.3 Å². The zero-order valence-corrected chi connectivity index (χ0v) is 17.8. The third kappa shape index (κ3) is 5.31. The van der Waals surface area contributed by atoms with Gasteiger partial charge < -0.3 is 9.47 Å². The lowest BCUT2D eigenvalue weighted by Crippen LogP contribution is -2.34. The van der Waals surface area contributed by atoms with E-state index < -0.39 is 36.3 Å². The van der Waals surface area contributed by atoms with Crippen molar-refractivity contribution in [3.8, 4) is 11.6 Å². The van der Waals surface area contributed by atoms with Crippen LogP contribution in [-0.4, -0.2) is 39.9 Å². The molecule has 0 atom stereocenters. The third-order valence-corrected chi connectivity index (χ3v) is 4.69. The van der Waals surface area contributed by atoms with Crippen molar-refractivity contribution in [3.05, 3.63) is 35.0 Å². The number of esters is 1. The molecule has 2 heterocycles. The van der Waals surface area contributed by atoms with Gasteiger partial charge in [0.2, 0.25) is 0 Å². The molecular formula is C20H24F5N3O3. The number of carbonyl (C=O) groups is 1. The van der Waals surface area contributed by atoms with Crippen molar-refractivity contribution in [1.82, 2.24) is 14.5 Å². The Hall–Kier alpha value is -2.72. The highest BCUT2D eigenvalue weighted by Crippen LogP contribution is 2.41. The molecule has 0 spiro atoms. The fraction of sp³-hybridized carbons (Fsp3) is 0.550. The van der Waals surface area contributed by atoms with Crippen LogP contribution < -0.4 is 4.74 Å². The first-order valence-electron chi connectivity index (χ1n) is 9.58. The maximum absolute atomic E-state index is 13.2. The Labute approximate surface area is 176 Å². The van der Waals surface area contributed by atoms with Crippen molar-refractivity contribution < 1.29 is 36.2 Å². The van der Waals surface area contributed by atoms with Gasteiger partial charge >= 0.3 is 18.8 Å². The number of nitrogens with zero attached hydrogens (tertiary/aromatic N) is 3. The summed E-state index contributed by atoms with van der Waals surface area (Å²) in [5, 5.41) is 0. The van der Waals surface area contributed by atoms with Crippen LogP contribution in [0.5, 0.6) is 5.75 Å². The summed E-state index contributed by atoms with van der Waals surface area (Å²) in [6.45, 7) is 3.81. The van der Waals surface area contributed by atoms with Crippen LogP contribution in [0.2, 0.25) is 0 Å². The lowest BCUT2D eigenvalue weighted by atomic mass is 9.85. The molecular weight excluding hydrogens is 425 g/mol. The number of aryl methyl sites for hydroxylation is 1. The van der Waals surface area contributed by atoms with Gasteiger partial charge in [-0.25, -0.2) is 14.8 Å². The normalized spacial score (nSPS) is 12.4. The molecule has 0 aliphatic rings. The molecule has 172 valence electrons. The molecule has 6 nitrogen and oxygen atoms in total. The number of alkyl halides is 5. The summed E-state index contributed by atoms with van der Waals surface area (Å²) < 4.78 is 76.7. The van der Waals surface area contributed by atoms with Gasteiger partial charge in [-0.2, -0.15) is 22.0 Å². The summed E-state index contributed by atoms with van der Waals surface area (Å²) in [6, 6.07) is 1.10. The Balaban J connectivity index is 2.60. The molecule has 0 saturated heterocycles. The Bertz CT molecular complexity index is 939. The first-order valence-corrected chi connectivity index (χ1v) is 9.58. The number of ether oxygens (including phenoxy) is 2. The van der Waals surface area contributed by atoms with Crippen LogP contribution in [0.3, 0.4) is 0 Å². The average molecular weight is 449 g/mol. The van der Waals surface area contributed by atoms with E-state index in [0.29, 0.717) is 12.2 Å². The summed E-state index contributed by atoms with van der Waals surface area (Å²) in [5.41, 5.74) is -1.76. The molecule has 0 aliphatic heterocycles. The van der Waals surface area contributed by atoms with Crippen molar-refractivity contribution in [2.24, 2.45) is 5.41 Å². The van der Waals surface area contributed by atoms with Crippen LogP contribution in [0, 0.1) is 12.3 Å². The highest BCUT2D eigenvalue weighted by molar-refractivity contribution is 5.88. The quantitative estimate of drug-likeness (QED) is 0.417. The van der Waals surface area contributed by atoms with Crippen molar-refractivity contribution in [1.29, 1.82) is 0 Å². The minimum absolute atomic E-state index is 0.00854. The molecule has 2 rings (SSSR count). The predicted octanol–water partition coefficient (Wildman–Crippen LogP) is 5.05. The number of rotatable bonds is 8. The van der Waals surface area contributed by atoms with Crippen molar-refractivity contribution in [2.45, 2.75) is 60.2 Å². The van der Waals surface area contributed by atoms with Gasteiger partial charge in [-0.05, 0) is 31.9 Å². The number of imidazole rings is 1. The number of hydrogen-bond acceptors (Lipinski definition) is 5. The highest BCUT2D eigenvalue weighted by atomic mass is 19.4. The molecule has 2 aromatic rings. The zero-order valence-electron chi connectivity index (χ0n) is 17.8. The van der Waals surface area contributed by atoms with E-state index >= 15 is 0 Å². The molecule has 0 saturated carbocycles. The van der Waals surface area contributed by atoms with Crippen LogP contribution >= 0.6 is 0 Å². The summed E-state index contributed by atoms with van der Waals surface area (Å²) in [7, 11) is 0. The van der Waals surface area contributed by atoms with Gasteiger partial charge in [0.25, 0.3) is 0 Å². The van der Waals surface area contributed by atoms with Gasteiger partial charge in [-0.3, -0.25) is 4.57 Å². The van der Waals surface area contributed by atoms with E-state index in [4.69, 9.17) is 4.74 Å². The molecule has 0 bridgehead atoms. The van der Waals surface area contributed by atoms with Gasteiger partial charge in [0.05, 0.1) is 17.7 Å². The summed E-state index contributed by atoms with van der Waals surface area (Å²) in [5.74, 6) is -0.883. The van der Waals surface area contributed by atoms with Gasteiger partial charge in [-0.15, -0.1) is 0 Å². The summed E-state index contributed by atoms with van der Waals surface area (Å²) in [4.78, 5) is 20.5. The van der Waals surface area contributed by atoms with E-state index in [0.717, 1.165) is 19.9 Å². The van der Waals surface area contributed by atoms with Gasteiger partial charge in [-0.1, -0.05) is 20.8 Å². The lowest BCUT2D eigenvalue weighted by molar-refractivity contribution is -0.211. The number of aromatic nitrogens is 3.